The first-order chi connectivity index (χ1) is 17.2. The fourth-order valence-corrected chi connectivity index (χ4v) is 5.15. The van der Waals surface area contributed by atoms with Gasteiger partial charge in [0.2, 0.25) is 0 Å². The average Bonchev–Trinajstić information content (AvgIpc) is 3.43. The van der Waals surface area contributed by atoms with E-state index < -0.39 is 6.10 Å². The van der Waals surface area contributed by atoms with Gasteiger partial charge in [0, 0.05) is 51.8 Å². The third-order valence-electron chi connectivity index (χ3n) is 6.69. The van der Waals surface area contributed by atoms with E-state index in [2.05, 4.69) is 99.5 Å². The largest absolute Gasteiger partial charge is 0.389 e. The summed E-state index contributed by atoms with van der Waals surface area (Å²) >= 11 is 6.38. The molecule has 2 N–H and O–H groups in total. The van der Waals surface area contributed by atoms with Crippen LogP contribution < -0.4 is 5.32 Å². The van der Waals surface area contributed by atoms with Crippen molar-refractivity contribution in [1.82, 2.24) is 9.13 Å². The number of nitrogens with zero attached hydrogens (tertiary/aromatic N) is 2. The summed E-state index contributed by atoms with van der Waals surface area (Å²) < 4.78 is 4.42. The molecule has 1 atom stereocenters. The minimum Gasteiger partial charge on any atom is -0.389 e. The van der Waals surface area contributed by atoms with E-state index in [0.29, 0.717) is 19.6 Å². The molecule has 2 heterocycles. The van der Waals surface area contributed by atoms with Crippen LogP contribution in [0.3, 0.4) is 0 Å². The molecule has 4 nitrogen and oxygen atoms in total. The van der Waals surface area contributed by atoms with Crippen molar-refractivity contribution in [3.8, 4) is 0 Å². The second-order valence-electron chi connectivity index (χ2n) is 8.99. The Balaban J connectivity index is 1.21. The van der Waals surface area contributed by atoms with E-state index in [0.717, 1.165) is 32.8 Å². The van der Waals surface area contributed by atoms with E-state index in [9.17, 15) is 5.11 Å². The fourth-order valence-electron chi connectivity index (χ4n) is 4.95. The van der Waals surface area contributed by atoms with E-state index in [1.165, 1.54) is 16.2 Å². The quantitative estimate of drug-likeness (QED) is 0.261. The van der Waals surface area contributed by atoms with E-state index in [1.807, 2.05) is 18.2 Å². The van der Waals surface area contributed by atoms with Gasteiger partial charge in [-0.2, -0.15) is 0 Å². The lowest BCUT2D eigenvalue weighted by molar-refractivity contribution is 0.169. The van der Waals surface area contributed by atoms with Crippen molar-refractivity contribution >= 4 is 50.0 Å². The molecule has 5 heteroatoms. The molecular weight excluding hydrogens is 454 g/mol. The number of anilines is 1. The first kappa shape index (κ1) is 21.8. The van der Waals surface area contributed by atoms with Gasteiger partial charge in [-0.15, -0.1) is 0 Å². The number of hydrogen-bond acceptors (Lipinski definition) is 2. The highest BCUT2D eigenvalue weighted by molar-refractivity contribution is 6.31. The van der Waals surface area contributed by atoms with Crippen LogP contribution in [0.2, 0.25) is 5.02 Å². The molecule has 0 amide bonds. The van der Waals surface area contributed by atoms with Crippen LogP contribution in [-0.4, -0.2) is 26.9 Å². The van der Waals surface area contributed by atoms with Gasteiger partial charge < -0.3 is 19.6 Å². The molecule has 0 fully saturated rings. The number of benzene rings is 4. The number of aliphatic hydroxyl groups excluding tert-OH is 1. The summed E-state index contributed by atoms with van der Waals surface area (Å²) in [5.41, 5.74) is 5.49. The third-order valence-corrected chi connectivity index (χ3v) is 7.06. The normalized spacial score (nSPS) is 12.5. The number of halogens is 1. The van der Waals surface area contributed by atoms with Crippen LogP contribution in [-0.2, 0) is 13.1 Å². The van der Waals surface area contributed by atoms with Crippen molar-refractivity contribution in [3.63, 3.8) is 0 Å². The van der Waals surface area contributed by atoms with Crippen molar-refractivity contribution in [2.24, 2.45) is 0 Å². The van der Waals surface area contributed by atoms with Gasteiger partial charge in [0.25, 0.3) is 0 Å². The summed E-state index contributed by atoms with van der Waals surface area (Å²) in [6, 6.07) is 33.1. The minimum absolute atomic E-state index is 0.456. The summed E-state index contributed by atoms with van der Waals surface area (Å²) in [6.07, 6.45) is 1.55. The molecule has 0 aliphatic rings. The maximum absolute atomic E-state index is 11.0. The Morgan fingerprint density at radius 3 is 2.20 bits per heavy atom. The van der Waals surface area contributed by atoms with Crippen molar-refractivity contribution in [3.05, 3.63) is 114 Å². The van der Waals surface area contributed by atoms with Gasteiger partial charge in [-0.25, -0.2) is 0 Å². The molecule has 0 bridgehead atoms. The van der Waals surface area contributed by atoms with Crippen LogP contribution in [0.4, 0.5) is 5.69 Å². The second-order valence-corrected chi connectivity index (χ2v) is 9.40. The van der Waals surface area contributed by atoms with Crippen LogP contribution in [0, 0.1) is 0 Å². The van der Waals surface area contributed by atoms with Crippen LogP contribution in [0.15, 0.2) is 103 Å². The number of aliphatic hydroxyl groups is 1. The predicted octanol–water partition coefficient (Wildman–Crippen LogP) is 6.92. The highest BCUT2D eigenvalue weighted by atomic mass is 35.5. The Labute approximate surface area is 209 Å². The van der Waals surface area contributed by atoms with E-state index in [-0.39, 0.29) is 0 Å². The lowest BCUT2D eigenvalue weighted by atomic mass is 10.2. The molecule has 0 aliphatic carbocycles. The molecule has 0 radical (unpaired) electrons. The van der Waals surface area contributed by atoms with Gasteiger partial charge in [0.05, 0.1) is 18.2 Å². The lowest BCUT2D eigenvalue weighted by Crippen LogP contribution is -2.24. The molecule has 0 saturated carbocycles. The van der Waals surface area contributed by atoms with Crippen molar-refractivity contribution in [1.29, 1.82) is 0 Å². The standard InChI is InChI=1S/C30H26ClN3O/c31-27-10-4-1-7-22(27)19-33-16-15-21-13-14-23(17-30(21)33)32-18-24(35)20-34-28-11-5-2-8-25(28)26-9-3-6-12-29(26)34/h1-17,24,32,35H,18-20H2. The SMILES string of the molecule is OC(CNc1ccc2ccn(Cc3ccccc3Cl)c2c1)Cn1c2ccccc2c2ccccc21. The van der Waals surface area contributed by atoms with Crippen LogP contribution >= 0.6 is 11.6 Å². The van der Waals surface area contributed by atoms with E-state index in [4.69, 9.17) is 11.6 Å². The predicted molar refractivity (Wildman–Crippen MR) is 146 cm³/mol. The lowest BCUT2D eigenvalue weighted by Gasteiger charge is -2.16. The van der Waals surface area contributed by atoms with E-state index >= 15 is 0 Å². The molecule has 174 valence electrons. The number of nitrogens with one attached hydrogen (secondary N) is 1. The smallest absolute Gasteiger partial charge is 0.0891 e. The summed E-state index contributed by atoms with van der Waals surface area (Å²) in [5.74, 6) is 0. The molecule has 0 aliphatic heterocycles. The van der Waals surface area contributed by atoms with Crippen LogP contribution in [0.5, 0.6) is 0 Å². The number of rotatable bonds is 7. The Hall–Kier alpha value is -3.73. The first-order valence-electron chi connectivity index (χ1n) is 11.9. The zero-order valence-corrected chi connectivity index (χ0v) is 20.0. The summed E-state index contributed by atoms with van der Waals surface area (Å²) in [4.78, 5) is 0. The Bertz CT molecular complexity index is 1600. The van der Waals surface area contributed by atoms with Gasteiger partial charge in [0.1, 0.15) is 0 Å². The number of para-hydroxylation sites is 2. The highest BCUT2D eigenvalue weighted by Gasteiger charge is 2.13. The summed E-state index contributed by atoms with van der Waals surface area (Å²) in [5, 5.41) is 18.8. The molecule has 1 unspecified atom stereocenters. The van der Waals surface area contributed by atoms with Crippen molar-refractivity contribution < 1.29 is 5.11 Å². The number of fused-ring (bicyclic) bond motifs is 4. The van der Waals surface area contributed by atoms with Gasteiger partial charge in [-0.05, 0) is 47.3 Å². The molecule has 35 heavy (non-hydrogen) atoms. The van der Waals surface area contributed by atoms with Crippen molar-refractivity contribution in [2.45, 2.75) is 19.2 Å². The highest BCUT2D eigenvalue weighted by Crippen LogP contribution is 2.29. The van der Waals surface area contributed by atoms with E-state index in [1.54, 1.807) is 0 Å². The maximum atomic E-state index is 11.0. The van der Waals surface area contributed by atoms with Gasteiger partial charge in [-0.1, -0.05) is 72.3 Å². The minimum atomic E-state index is -0.542. The Morgan fingerprint density at radius 1 is 0.771 bits per heavy atom. The molecule has 2 aromatic heterocycles. The second kappa shape index (κ2) is 9.14. The van der Waals surface area contributed by atoms with Crippen LogP contribution in [0.1, 0.15) is 5.56 Å². The summed E-state index contributed by atoms with van der Waals surface area (Å²) in [7, 11) is 0. The summed E-state index contributed by atoms with van der Waals surface area (Å²) in [6.45, 7) is 1.69. The van der Waals surface area contributed by atoms with Crippen molar-refractivity contribution in [2.75, 3.05) is 11.9 Å². The molecular formula is C30H26ClN3O. The molecule has 4 aromatic carbocycles. The molecule has 6 rings (SSSR count). The zero-order chi connectivity index (χ0) is 23.8. The first-order valence-corrected chi connectivity index (χ1v) is 12.3. The molecule has 0 spiro atoms. The maximum Gasteiger partial charge on any atom is 0.0891 e. The van der Waals surface area contributed by atoms with Crippen LogP contribution in [0.25, 0.3) is 32.7 Å². The zero-order valence-electron chi connectivity index (χ0n) is 19.2. The molecule has 0 saturated heterocycles. The topological polar surface area (TPSA) is 42.1 Å². The molecule has 6 aromatic rings. The van der Waals surface area contributed by atoms with Gasteiger partial charge in [-0.3, -0.25) is 0 Å². The monoisotopic (exact) mass is 479 g/mol. The fraction of sp³-hybridized carbons (Fsp3) is 0.133. The Morgan fingerprint density at radius 2 is 1.46 bits per heavy atom. The number of hydrogen-bond donors (Lipinski definition) is 2. The van der Waals surface area contributed by atoms with Gasteiger partial charge in [0.15, 0.2) is 0 Å². The average molecular weight is 480 g/mol. The van der Waals surface area contributed by atoms with Gasteiger partial charge >= 0.3 is 0 Å². The third kappa shape index (κ3) is 4.16. The Kier molecular flexibility index (Phi) is 5.69. The number of aromatic nitrogens is 2.